The van der Waals surface area contributed by atoms with E-state index in [0.29, 0.717) is 6.04 Å². The lowest BCUT2D eigenvalue weighted by atomic mass is 9.94. The fourth-order valence-corrected chi connectivity index (χ4v) is 3.51. The van der Waals surface area contributed by atoms with Gasteiger partial charge in [-0.05, 0) is 44.0 Å². The van der Waals surface area contributed by atoms with Gasteiger partial charge < -0.3 is 15.1 Å². The van der Waals surface area contributed by atoms with E-state index in [2.05, 4.69) is 41.5 Å². The number of benzene rings is 1. The van der Waals surface area contributed by atoms with Gasteiger partial charge >= 0.3 is 0 Å². The van der Waals surface area contributed by atoms with Gasteiger partial charge in [-0.1, -0.05) is 24.3 Å². The molecule has 2 atom stereocenters. The first-order valence-electron chi connectivity index (χ1n) is 7.90. The van der Waals surface area contributed by atoms with Gasteiger partial charge in [0.1, 0.15) is 0 Å². The van der Waals surface area contributed by atoms with Crippen LogP contribution in [0.3, 0.4) is 0 Å². The van der Waals surface area contributed by atoms with Crippen molar-refractivity contribution in [2.45, 2.75) is 37.9 Å². The van der Waals surface area contributed by atoms with Crippen LogP contribution in [0.5, 0.6) is 0 Å². The van der Waals surface area contributed by atoms with Gasteiger partial charge in [-0.2, -0.15) is 0 Å². The van der Waals surface area contributed by atoms with Crippen molar-refractivity contribution < 1.29 is 4.79 Å². The molecule has 2 unspecified atom stereocenters. The molecule has 2 aliphatic heterocycles. The lowest BCUT2D eigenvalue weighted by Gasteiger charge is -2.38. The number of amides is 1. The lowest BCUT2D eigenvalue weighted by Crippen LogP contribution is -2.54. The molecule has 2 aliphatic rings. The summed E-state index contributed by atoms with van der Waals surface area (Å²) in [7, 11) is 4.11. The van der Waals surface area contributed by atoms with Crippen LogP contribution in [0.15, 0.2) is 24.3 Å². The number of likely N-dealkylation sites (tertiary alicyclic amines) is 1. The number of fused-ring (bicyclic) bond motifs is 1. The second kappa shape index (κ2) is 6.16. The Balaban J connectivity index is 1.66. The summed E-state index contributed by atoms with van der Waals surface area (Å²) in [6.45, 7) is 2.93. The van der Waals surface area contributed by atoms with Crippen molar-refractivity contribution in [2.24, 2.45) is 0 Å². The monoisotopic (exact) mass is 287 g/mol. The quantitative estimate of drug-likeness (QED) is 0.889. The van der Waals surface area contributed by atoms with Crippen molar-refractivity contribution in [3.63, 3.8) is 0 Å². The number of carbonyl (C=O) groups excluding carboxylic acids is 1. The summed E-state index contributed by atoms with van der Waals surface area (Å²) in [6.07, 6.45) is 3.11. The molecule has 0 aliphatic carbocycles. The first kappa shape index (κ1) is 14.5. The minimum atomic E-state index is -0.0721. The Morgan fingerprint density at radius 1 is 1.33 bits per heavy atom. The van der Waals surface area contributed by atoms with E-state index in [1.807, 2.05) is 11.9 Å². The number of rotatable bonds is 2. The van der Waals surface area contributed by atoms with Gasteiger partial charge in [-0.25, -0.2) is 0 Å². The molecule has 0 radical (unpaired) electrons. The first-order valence-corrected chi connectivity index (χ1v) is 7.90. The van der Waals surface area contributed by atoms with Gasteiger partial charge in [0.05, 0.1) is 6.04 Å². The molecule has 1 aromatic rings. The Morgan fingerprint density at radius 2 is 2.10 bits per heavy atom. The third kappa shape index (κ3) is 3.11. The molecule has 0 spiro atoms. The summed E-state index contributed by atoms with van der Waals surface area (Å²) in [6, 6.07) is 8.69. The SMILES string of the molecule is CN1CCCC(N(C)C(=O)C2Cc3ccccc3CN2)C1. The molecular formula is C17H25N3O. The molecule has 0 saturated carbocycles. The summed E-state index contributed by atoms with van der Waals surface area (Å²) in [5, 5.41) is 3.40. The van der Waals surface area contributed by atoms with Crippen molar-refractivity contribution in [3.05, 3.63) is 35.4 Å². The number of hydrogen-bond donors (Lipinski definition) is 1. The van der Waals surface area contributed by atoms with Crippen molar-refractivity contribution in [3.8, 4) is 0 Å². The van der Waals surface area contributed by atoms with Gasteiger partial charge in [0.15, 0.2) is 0 Å². The van der Waals surface area contributed by atoms with Crippen LogP contribution in [0.25, 0.3) is 0 Å². The van der Waals surface area contributed by atoms with E-state index in [1.54, 1.807) is 0 Å². The third-order valence-electron chi connectivity index (χ3n) is 4.87. The molecule has 2 heterocycles. The van der Waals surface area contributed by atoms with Crippen LogP contribution in [0, 0.1) is 0 Å². The van der Waals surface area contributed by atoms with E-state index in [9.17, 15) is 4.79 Å². The summed E-state index contributed by atoms with van der Waals surface area (Å²) in [5.74, 6) is 0.241. The van der Waals surface area contributed by atoms with Gasteiger partial charge in [-0.3, -0.25) is 4.79 Å². The summed E-state index contributed by atoms with van der Waals surface area (Å²) in [5.41, 5.74) is 2.63. The highest BCUT2D eigenvalue weighted by molar-refractivity contribution is 5.82. The van der Waals surface area contributed by atoms with Crippen LogP contribution >= 0.6 is 0 Å². The minimum absolute atomic E-state index is 0.0721. The zero-order valence-electron chi connectivity index (χ0n) is 13.0. The van der Waals surface area contributed by atoms with Crippen molar-refractivity contribution >= 4 is 5.91 Å². The highest BCUT2D eigenvalue weighted by atomic mass is 16.2. The number of nitrogens with one attached hydrogen (secondary N) is 1. The van der Waals surface area contributed by atoms with Crippen LogP contribution in [0.4, 0.5) is 0 Å². The number of carbonyl (C=O) groups is 1. The van der Waals surface area contributed by atoms with Crippen LogP contribution < -0.4 is 5.32 Å². The molecule has 4 nitrogen and oxygen atoms in total. The number of likely N-dealkylation sites (N-methyl/N-ethyl adjacent to an activating group) is 2. The summed E-state index contributed by atoms with van der Waals surface area (Å²) >= 11 is 0. The second-order valence-electron chi connectivity index (χ2n) is 6.41. The van der Waals surface area contributed by atoms with E-state index >= 15 is 0 Å². The summed E-state index contributed by atoms with van der Waals surface area (Å²) < 4.78 is 0. The van der Waals surface area contributed by atoms with Gasteiger partial charge in [0.2, 0.25) is 5.91 Å². The Bertz CT molecular complexity index is 517. The molecule has 1 fully saturated rings. The third-order valence-corrected chi connectivity index (χ3v) is 4.87. The smallest absolute Gasteiger partial charge is 0.240 e. The maximum absolute atomic E-state index is 12.8. The predicted molar refractivity (Wildman–Crippen MR) is 84.1 cm³/mol. The molecule has 0 aromatic heterocycles. The van der Waals surface area contributed by atoms with Crippen LogP contribution in [-0.4, -0.2) is 55.0 Å². The first-order chi connectivity index (χ1) is 10.1. The Morgan fingerprint density at radius 3 is 2.86 bits per heavy atom. The van der Waals surface area contributed by atoms with Crippen LogP contribution in [-0.2, 0) is 17.8 Å². The highest BCUT2D eigenvalue weighted by Gasteiger charge is 2.31. The van der Waals surface area contributed by atoms with Gasteiger partial charge in [0, 0.05) is 26.2 Å². The molecule has 114 valence electrons. The van der Waals surface area contributed by atoms with E-state index in [4.69, 9.17) is 0 Å². The predicted octanol–water partition coefficient (Wildman–Crippen LogP) is 1.25. The normalized spacial score (nSPS) is 26.2. The Kier molecular flexibility index (Phi) is 4.27. The lowest BCUT2D eigenvalue weighted by molar-refractivity contribution is -0.135. The van der Waals surface area contributed by atoms with Crippen molar-refractivity contribution in [1.82, 2.24) is 15.1 Å². The topological polar surface area (TPSA) is 35.6 Å². The van der Waals surface area contributed by atoms with Gasteiger partial charge in [-0.15, -0.1) is 0 Å². The largest absolute Gasteiger partial charge is 0.340 e. The molecule has 4 heteroatoms. The molecule has 1 aromatic carbocycles. The fraction of sp³-hybridized carbons (Fsp3) is 0.588. The van der Waals surface area contributed by atoms with Crippen LogP contribution in [0.2, 0.25) is 0 Å². The Hall–Kier alpha value is -1.39. The minimum Gasteiger partial charge on any atom is -0.340 e. The molecule has 1 N–H and O–H groups in total. The molecule has 21 heavy (non-hydrogen) atoms. The highest BCUT2D eigenvalue weighted by Crippen LogP contribution is 2.19. The second-order valence-corrected chi connectivity index (χ2v) is 6.41. The Labute approximate surface area is 127 Å². The zero-order valence-corrected chi connectivity index (χ0v) is 13.0. The van der Waals surface area contributed by atoms with Gasteiger partial charge in [0.25, 0.3) is 0 Å². The molecular weight excluding hydrogens is 262 g/mol. The van der Waals surface area contributed by atoms with Crippen LogP contribution in [0.1, 0.15) is 24.0 Å². The average molecular weight is 287 g/mol. The standard InChI is InChI=1S/C17H25N3O/c1-19-9-5-8-15(12-19)20(2)17(21)16-10-13-6-3-4-7-14(13)11-18-16/h3-4,6-7,15-16,18H,5,8-12H2,1-2H3. The maximum Gasteiger partial charge on any atom is 0.240 e. The maximum atomic E-state index is 12.8. The molecule has 0 bridgehead atoms. The number of piperidine rings is 1. The molecule has 1 amide bonds. The van der Waals surface area contributed by atoms with E-state index in [1.165, 1.54) is 17.5 Å². The van der Waals surface area contributed by atoms with Crippen molar-refractivity contribution in [2.75, 3.05) is 27.2 Å². The van der Waals surface area contributed by atoms with E-state index < -0.39 is 0 Å². The molecule has 3 rings (SSSR count). The van der Waals surface area contributed by atoms with E-state index in [0.717, 1.165) is 32.5 Å². The average Bonchev–Trinajstić information content (AvgIpc) is 2.53. The summed E-state index contributed by atoms with van der Waals surface area (Å²) in [4.78, 5) is 17.1. The van der Waals surface area contributed by atoms with Crippen molar-refractivity contribution in [1.29, 1.82) is 0 Å². The fourth-order valence-electron chi connectivity index (χ4n) is 3.51. The number of nitrogens with zero attached hydrogens (tertiary/aromatic N) is 2. The number of hydrogen-bond acceptors (Lipinski definition) is 3. The molecule has 1 saturated heterocycles. The van der Waals surface area contributed by atoms with E-state index in [-0.39, 0.29) is 11.9 Å². The zero-order chi connectivity index (χ0) is 14.8.